The van der Waals surface area contributed by atoms with Gasteiger partial charge in [-0.1, -0.05) is 0 Å². The van der Waals surface area contributed by atoms with Crippen molar-refractivity contribution in [1.29, 1.82) is 0 Å². The van der Waals surface area contributed by atoms with E-state index in [9.17, 15) is 0 Å². The summed E-state index contributed by atoms with van der Waals surface area (Å²) in [5, 5.41) is 3.24. The van der Waals surface area contributed by atoms with Gasteiger partial charge in [-0.15, -0.1) is 0 Å². The van der Waals surface area contributed by atoms with Crippen molar-refractivity contribution in [3.8, 4) is 0 Å². The number of hydrogen-bond donors (Lipinski definition) is 1. The van der Waals surface area contributed by atoms with Crippen LogP contribution in [0.3, 0.4) is 0 Å². The van der Waals surface area contributed by atoms with E-state index in [-0.39, 0.29) is 5.60 Å². The van der Waals surface area contributed by atoms with E-state index in [0.29, 0.717) is 0 Å². The Morgan fingerprint density at radius 2 is 2.15 bits per heavy atom. The quantitative estimate of drug-likeness (QED) is 0.672. The number of hydrogen-bond acceptors (Lipinski definition) is 3. The summed E-state index contributed by atoms with van der Waals surface area (Å²) in [6.45, 7) is 6.17. The van der Waals surface area contributed by atoms with E-state index in [1.54, 1.807) is 0 Å². The first kappa shape index (κ1) is 9.44. The molecule has 3 heteroatoms. The van der Waals surface area contributed by atoms with Gasteiger partial charge in [0.1, 0.15) is 0 Å². The normalized spacial score (nSPS) is 26.1. The molecule has 0 aromatic rings. The zero-order chi connectivity index (χ0) is 9.31. The maximum Gasteiger partial charge on any atom is 0.0902 e. The molecule has 0 amide bonds. The molecule has 2 rings (SSSR count). The third-order valence-electron chi connectivity index (χ3n) is 3.06. The molecule has 3 nitrogen and oxygen atoms in total. The molecule has 2 aliphatic rings. The standard InChI is InChI=1S/C10H20N2O/c1-10(7-11-8-10)13-6-5-12(2)9-3-4-9/h9,11H,3-8H2,1-2H3. The molecule has 1 saturated heterocycles. The molecular formula is C10H20N2O. The molecule has 0 aromatic heterocycles. The van der Waals surface area contributed by atoms with Crippen LogP contribution in [0.2, 0.25) is 0 Å². The number of likely N-dealkylation sites (N-methyl/N-ethyl adjacent to an activating group) is 1. The van der Waals surface area contributed by atoms with Gasteiger partial charge < -0.3 is 15.0 Å². The van der Waals surface area contributed by atoms with Crippen molar-refractivity contribution in [2.24, 2.45) is 0 Å². The molecular weight excluding hydrogens is 164 g/mol. The molecule has 13 heavy (non-hydrogen) atoms. The average molecular weight is 184 g/mol. The summed E-state index contributed by atoms with van der Waals surface area (Å²) in [6.07, 6.45) is 2.77. The fraction of sp³-hybridized carbons (Fsp3) is 1.00. The molecule has 0 unspecified atom stereocenters. The topological polar surface area (TPSA) is 24.5 Å². The van der Waals surface area contributed by atoms with Gasteiger partial charge in [-0.3, -0.25) is 0 Å². The van der Waals surface area contributed by atoms with Crippen LogP contribution in [0.4, 0.5) is 0 Å². The Hall–Kier alpha value is -0.120. The number of rotatable bonds is 5. The minimum absolute atomic E-state index is 0.129. The highest BCUT2D eigenvalue weighted by atomic mass is 16.5. The van der Waals surface area contributed by atoms with E-state index in [2.05, 4.69) is 24.2 Å². The van der Waals surface area contributed by atoms with Crippen LogP contribution in [0.5, 0.6) is 0 Å². The first-order valence-corrected chi connectivity index (χ1v) is 5.25. The molecule has 0 radical (unpaired) electrons. The summed E-state index contributed by atoms with van der Waals surface area (Å²) in [7, 11) is 2.20. The fourth-order valence-corrected chi connectivity index (χ4v) is 1.71. The van der Waals surface area contributed by atoms with E-state index in [1.807, 2.05) is 0 Å². The van der Waals surface area contributed by atoms with Gasteiger partial charge in [-0.05, 0) is 26.8 Å². The van der Waals surface area contributed by atoms with Crippen LogP contribution < -0.4 is 5.32 Å². The van der Waals surface area contributed by atoms with E-state index in [4.69, 9.17) is 4.74 Å². The second kappa shape index (κ2) is 3.56. The monoisotopic (exact) mass is 184 g/mol. The largest absolute Gasteiger partial charge is 0.371 e. The lowest BCUT2D eigenvalue weighted by atomic mass is 10.0. The Bertz CT molecular complexity index is 176. The van der Waals surface area contributed by atoms with Gasteiger partial charge in [0.05, 0.1) is 12.2 Å². The number of nitrogens with one attached hydrogen (secondary N) is 1. The maximum absolute atomic E-state index is 5.81. The summed E-state index contributed by atoms with van der Waals surface area (Å²) < 4.78 is 5.81. The van der Waals surface area contributed by atoms with E-state index in [0.717, 1.165) is 32.3 Å². The van der Waals surface area contributed by atoms with Crippen molar-refractivity contribution >= 4 is 0 Å². The average Bonchev–Trinajstić information content (AvgIpc) is 2.83. The Morgan fingerprint density at radius 3 is 2.62 bits per heavy atom. The molecule has 0 atom stereocenters. The third-order valence-corrected chi connectivity index (χ3v) is 3.06. The second-order valence-corrected chi connectivity index (χ2v) is 4.61. The lowest BCUT2D eigenvalue weighted by molar-refractivity contribution is -0.0712. The highest BCUT2D eigenvalue weighted by Gasteiger charge is 2.32. The molecule has 0 bridgehead atoms. The molecule has 0 spiro atoms. The highest BCUT2D eigenvalue weighted by Crippen LogP contribution is 2.25. The van der Waals surface area contributed by atoms with Gasteiger partial charge in [-0.25, -0.2) is 0 Å². The van der Waals surface area contributed by atoms with Crippen molar-refractivity contribution < 1.29 is 4.74 Å². The smallest absolute Gasteiger partial charge is 0.0902 e. The van der Waals surface area contributed by atoms with Gasteiger partial charge in [0, 0.05) is 25.7 Å². The van der Waals surface area contributed by atoms with E-state index in [1.165, 1.54) is 12.8 Å². The fourth-order valence-electron chi connectivity index (χ4n) is 1.71. The van der Waals surface area contributed by atoms with Crippen molar-refractivity contribution in [2.45, 2.75) is 31.4 Å². The Labute approximate surface area is 80.4 Å². The predicted octanol–water partition coefficient (Wildman–Crippen LogP) is 0.459. The first-order chi connectivity index (χ1) is 6.20. The maximum atomic E-state index is 5.81. The molecule has 1 heterocycles. The summed E-state index contributed by atoms with van der Waals surface area (Å²) in [5.41, 5.74) is 0.129. The Balaban J connectivity index is 1.57. The second-order valence-electron chi connectivity index (χ2n) is 4.61. The van der Waals surface area contributed by atoms with Crippen LogP contribution in [0, 0.1) is 0 Å². The lowest BCUT2D eigenvalue weighted by Gasteiger charge is -2.39. The molecule has 0 aromatic carbocycles. The van der Waals surface area contributed by atoms with Gasteiger partial charge in [0.2, 0.25) is 0 Å². The summed E-state index contributed by atoms with van der Waals surface area (Å²) in [6, 6.07) is 0.857. The summed E-state index contributed by atoms with van der Waals surface area (Å²) >= 11 is 0. The molecule has 1 N–H and O–H groups in total. The van der Waals surface area contributed by atoms with Gasteiger partial charge >= 0.3 is 0 Å². The predicted molar refractivity (Wildman–Crippen MR) is 52.9 cm³/mol. The van der Waals surface area contributed by atoms with Gasteiger partial charge in [-0.2, -0.15) is 0 Å². The van der Waals surface area contributed by atoms with Gasteiger partial charge in [0.25, 0.3) is 0 Å². The third kappa shape index (κ3) is 2.42. The molecule has 1 saturated carbocycles. The Kier molecular flexibility index (Phi) is 2.58. The van der Waals surface area contributed by atoms with E-state index < -0.39 is 0 Å². The number of ether oxygens (including phenoxy) is 1. The lowest BCUT2D eigenvalue weighted by Crippen LogP contribution is -2.59. The van der Waals surface area contributed by atoms with E-state index >= 15 is 0 Å². The van der Waals surface area contributed by atoms with Crippen LogP contribution in [0.25, 0.3) is 0 Å². The van der Waals surface area contributed by atoms with Gasteiger partial charge in [0.15, 0.2) is 0 Å². The summed E-state index contributed by atoms with van der Waals surface area (Å²) in [5.74, 6) is 0. The molecule has 1 aliphatic carbocycles. The number of nitrogens with zero attached hydrogens (tertiary/aromatic N) is 1. The van der Waals surface area contributed by atoms with Crippen molar-refractivity contribution in [3.05, 3.63) is 0 Å². The summed E-state index contributed by atoms with van der Waals surface area (Å²) in [4.78, 5) is 2.41. The Morgan fingerprint density at radius 1 is 1.46 bits per heavy atom. The zero-order valence-corrected chi connectivity index (χ0v) is 8.68. The van der Waals surface area contributed by atoms with Crippen molar-refractivity contribution in [2.75, 3.05) is 33.3 Å². The highest BCUT2D eigenvalue weighted by molar-refractivity contribution is 4.90. The first-order valence-electron chi connectivity index (χ1n) is 5.25. The van der Waals surface area contributed by atoms with Crippen LogP contribution >= 0.6 is 0 Å². The van der Waals surface area contributed by atoms with Crippen molar-refractivity contribution in [3.63, 3.8) is 0 Å². The van der Waals surface area contributed by atoms with Crippen LogP contribution in [0.15, 0.2) is 0 Å². The molecule has 1 aliphatic heterocycles. The minimum atomic E-state index is 0.129. The minimum Gasteiger partial charge on any atom is -0.371 e. The molecule has 76 valence electrons. The molecule has 2 fully saturated rings. The zero-order valence-electron chi connectivity index (χ0n) is 8.68. The van der Waals surface area contributed by atoms with Crippen LogP contribution in [-0.4, -0.2) is 49.8 Å². The SMILES string of the molecule is CN(CCOC1(C)CNC1)C1CC1. The van der Waals surface area contributed by atoms with Crippen LogP contribution in [-0.2, 0) is 4.74 Å². The van der Waals surface area contributed by atoms with Crippen LogP contribution in [0.1, 0.15) is 19.8 Å². The van der Waals surface area contributed by atoms with Crippen molar-refractivity contribution in [1.82, 2.24) is 10.2 Å².